The fourth-order valence-electron chi connectivity index (χ4n) is 4.69. The van der Waals surface area contributed by atoms with Crippen LogP contribution in [0.4, 0.5) is 13.2 Å². The molecule has 2 aliphatic rings. The van der Waals surface area contributed by atoms with E-state index in [4.69, 9.17) is 4.74 Å². The zero-order chi connectivity index (χ0) is 24.6. The molecule has 0 bridgehead atoms. The number of nitrogens with one attached hydrogen (secondary N) is 1. The fourth-order valence-corrected chi connectivity index (χ4v) is 4.69. The number of hydrogen-bond acceptors (Lipinski definition) is 4. The standard InChI is InChI=1S/C24H29F3N4O3/c1-14(2)21(16-6-7-20(28-12-16)24(25,26)27)29-22(32)17-11-18(31-9-10-34-13-19(17)31)23(33)30-8-4-5-15(30)3/h6-7,11-12,14-15,21H,4-5,8-10,13H2,1-3H3,(H,29,32). The largest absolute Gasteiger partial charge is 0.433 e. The average Bonchev–Trinajstić information content (AvgIpc) is 3.40. The molecule has 10 heteroatoms. The number of hydrogen-bond donors (Lipinski definition) is 1. The summed E-state index contributed by atoms with van der Waals surface area (Å²) < 4.78 is 46.1. The molecule has 7 nitrogen and oxygen atoms in total. The molecule has 0 spiro atoms. The summed E-state index contributed by atoms with van der Waals surface area (Å²) >= 11 is 0. The van der Waals surface area contributed by atoms with Crippen LogP contribution in [0.3, 0.4) is 0 Å². The summed E-state index contributed by atoms with van der Waals surface area (Å²) in [7, 11) is 0. The van der Waals surface area contributed by atoms with Crippen LogP contribution in [0.15, 0.2) is 24.4 Å². The van der Waals surface area contributed by atoms with E-state index >= 15 is 0 Å². The summed E-state index contributed by atoms with van der Waals surface area (Å²) in [5.74, 6) is -0.607. The minimum absolute atomic E-state index is 0.0976. The maximum absolute atomic E-state index is 13.3. The Labute approximate surface area is 196 Å². The van der Waals surface area contributed by atoms with Gasteiger partial charge >= 0.3 is 6.18 Å². The Morgan fingerprint density at radius 3 is 2.59 bits per heavy atom. The Morgan fingerprint density at radius 2 is 2.00 bits per heavy atom. The van der Waals surface area contributed by atoms with E-state index in [9.17, 15) is 22.8 Å². The van der Waals surface area contributed by atoms with E-state index in [0.29, 0.717) is 42.2 Å². The van der Waals surface area contributed by atoms with E-state index in [-0.39, 0.29) is 24.5 Å². The number of nitrogens with zero attached hydrogens (tertiary/aromatic N) is 3. The van der Waals surface area contributed by atoms with Crippen molar-refractivity contribution in [1.29, 1.82) is 0 Å². The predicted octanol–water partition coefficient (Wildman–Crippen LogP) is 4.18. The zero-order valence-electron chi connectivity index (χ0n) is 19.5. The Balaban J connectivity index is 1.61. The molecular weight excluding hydrogens is 449 g/mol. The Kier molecular flexibility index (Phi) is 6.71. The molecule has 1 saturated heterocycles. The van der Waals surface area contributed by atoms with Crippen molar-refractivity contribution in [1.82, 2.24) is 19.8 Å². The van der Waals surface area contributed by atoms with Crippen LogP contribution in [0.1, 0.15) is 77.5 Å². The lowest BCUT2D eigenvalue weighted by Crippen LogP contribution is -2.35. The molecule has 2 aromatic heterocycles. The van der Waals surface area contributed by atoms with Gasteiger partial charge in [-0.25, -0.2) is 0 Å². The molecule has 1 N–H and O–H groups in total. The highest BCUT2D eigenvalue weighted by Gasteiger charge is 2.34. The summed E-state index contributed by atoms with van der Waals surface area (Å²) in [4.78, 5) is 32.0. The van der Waals surface area contributed by atoms with Crippen molar-refractivity contribution in [2.75, 3.05) is 13.2 Å². The lowest BCUT2D eigenvalue weighted by atomic mass is 9.96. The Hall–Kier alpha value is -2.88. The molecule has 2 amide bonds. The number of aromatic nitrogens is 2. The first-order valence-corrected chi connectivity index (χ1v) is 11.5. The molecule has 0 radical (unpaired) electrons. The monoisotopic (exact) mass is 478 g/mol. The van der Waals surface area contributed by atoms with Crippen LogP contribution in [-0.2, 0) is 24.1 Å². The number of ether oxygens (including phenoxy) is 1. The predicted molar refractivity (Wildman–Crippen MR) is 118 cm³/mol. The minimum atomic E-state index is -4.53. The van der Waals surface area contributed by atoms with Crippen molar-refractivity contribution in [3.63, 3.8) is 0 Å². The number of likely N-dealkylation sites (tertiary alicyclic amines) is 1. The summed E-state index contributed by atoms with van der Waals surface area (Å²) in [5, 5.41) is 2.93. The van der Waals surface area contributed by atoms with Gasteiger partial charge in [0.05, 0.1) is 30.5 Å². The van der Waals surface area contributed by atoms with Crippen molar-refractivity contribution in [2.24, 2.45) is 5.92 Å². The first-order chi connectivity index (χ1) is 16.1. The number of carbonyl (C=O) groups is 2. The number of halogens is 3. The highest BCUT2D eigenvalue weighted by Crippen LogP contribution is 2.30. The van der Waals surface area contributed by atoms with Crippen LogP contribution in [0.5, 0.6) is 0 Å². The van der Waals surface area contributed by atoms with Crippen molar-refractivity contribution >= 4 is 11.8 Å². The minimum Gasteiger partial charge on any atom is -0.373 e. The third-order valence-corrected chi connectivity index (χ3v) is 6.57. The second kappa shape index (κ2) is 9.40. The number of carbonyl (C=O) groups excluding carboxylic acids is 2. The number of alkyl halides is 3. The smallest absolute Gasteiger partial charge is 0.373 e. The van der Waals surface area contributed by atoms with E-state index < -0.39 is 23.8 Å². The molecule has 2 aliphatic heterocycles. The third-order valence-electron chi connectivity index (χ3n) is 6.57. The molecule has 0 aromatic carbocycles. The van der Waals surface area contributed by atoms with Crippen molar-refractivity contribution in [2.45, 2.75) is 65.0 Å². The van der Waals surface area contributed by atoms with Crippen LogP contribution in [0, 0.1) is 5.92 Å². The van der Waals surface area contributed by atoms with Crippen molar-refractivity contribution in [3.8, 4) is 0 Å². The molecule has 2 atom stereocenters. The van der Waals surface area contributed by atoms with Gasteiger partial charge in [-0.05, 0) is 43.4 Å². The SMILES string of the molecule is CC(C)C(NC(=O)c1cc(C(=O)N2CCCC2C)n2c1COCC2)c1ccc(C(F)(F)F)nc1. The second-order valence-corrected chi connectivity index (χ2v) is 9.25. The maximum atomic E-state index is 13.3. The summed E-state index contributed by atoms with van der Waals surface area (Å²) in [6, 6.07) is 3.46. The van der Waals surface area contributed by atoms with Crippen LogP contribution in [0.25, 0.3) is 0 Å². The van der Waals surface area contributed by atoms with E-state index in [1.165, 1.54) is 6.07 Å². The van der Waals surface area contributed by atoms with Gasteiger partial charge in [-0.15, -0.1) is 0 Å². The normalized spacial score (nSPS) is 19.3. The fraction of sp³-hybridized carbons (Fsp3) is 0.542. The lowest BCUT2D eigenvalue weighted by Gasteiger charge is -2.25. The molecule has 2 aromatic rings. The van der Waals surface area contributed by atoms with Gasteiger partial charge in [0.25, 0.3) is 11.8 Å². The maximum Gasteiger partial charge on any atom is 0.433 e. The molecule has 0 aliphatic carbocycles. The van der Waals surface area contributed by atoms with E-state index in [2.05, 4.69) is 10.3 Å². The van der Waals surface area contributed by atoms with Crippen LogP contribution >= 0.6 is 0 Å². The molecule has 2 unspecified atom stereocenters. The molecule has 0 saturated carbocycles. The van der Waals surface area contributed by atoms with Gasteiger partial charge in [0.15, 0.2) is 0 Å². The molecule has 34 heavy (non-hydrogen) atoms. The van der Waals surface area contributed by atoms with Crippen LogP contribution < -0.4 is 5.32 Å². The number of amides is 2. The average molecular weight is 479 g/mol. The summed E-state index contributed by atoms with van der Waals surface area (Å²) in [6.07, 6.45) is -1.48. The van der Waals surface area contributed by atoms with Crippen LogP contribution in [-0.4, -0.2) is 45.5 Å². The van der Waals surface area contributed by atoms with E-state index in [0.717, 1.165) is 25.1 Å². The second-order valence-electron chi connectivity index (χ2n) is 9.25. The van der Waals surface area contributed by atoms with E-state index in [1.54, 1.807) is 6.07 Å². The van der Waals surface area contributed by atoms with E-state index in [1.807, 2.05) is 30.2 Å². The van der Waals surface area contributed by atoms with Gasteiger partial charge in [-0.2, -0.15) is 13.2 Å². The zero-order valence-corrected chi connectivity index (χ0v) is 19.5. The molecule has 1 fully saturated rings. The van der Waals surface area contributed by atoms with Gasteiger partial charge in [-0.3, -0.25) is 14.6 Å². The highest BCUT2D eigenvalue weighted by molar-refractivity contribution is 6.01. The Bertz CT molecular complexity index is 1060. The van der Waals surface area contributed by atoms with Gasteiger partial charge in [0.2, 0.25) is 0 Å². The van der Waals surface area contributed by atoms with Crippen molar-refractivity contribution < 1.29 is 27.5 Å². The van der Waals surface area contributed by atoms with Crippen LogP contribution in [0.2, 0.25) is 0 Å². The first-order valence-electron chi connectivity index (χ1n) is 11.5. The van der Waals surface area contributed by atoms with Gasteiger partial charge in [0.1, 0.15) is 11.4 Å². The lowest BCUT2D eigenvalue weighted by molar-refractivity contribution is -0.141. The first kappa shape index (κ1) is 24.3. The van der Waals surface area contributed by atoms with Gasteiger partial charge in [-0.1, -0.05) is 19.9 Å². The quantitative estimate of drug-likeness (QED) is 0.700. The number of pyridine rings is 1. The molecule has 184 valence electrons. The summed E-state index contributed by atoms with van der Waals surface area (Å²) in [5.41, 5.74) is 0.938. The van der Waals surface area contributed by atoms with Gasteiger partial charge in [0, 0.05) is 25.3 Å². The topological polar surface area (TPSA) is 76.5 Å². The highest BCUT2D eigenvalue weighted by atomic mass is 19.4. The van der Waals surface area contributed by atoms with Crippen molar-refractivity contribution in [3.05, 3.63) is 52.6 Å². The number of rotatable bonds is 5. The molecular formula is C24H29F3N4O3. The Morgan fingerprint density at radius 1 is 1.24 bits per heavy atom. The third kappa shape index (κ3) is 4.68. The number of fused-ring (bicyclic) bond motifs is 1. The molecule has 4 heterocycles. The molecule has 4 rings (SSSR count). The van der Waals surface area contributed by atoms with Gasteiger partial charge < -0.3 is 19.5 Å². The summed E-state index contributed by atoms with van der Waals surface area (Å²) in [6.45, 7) is 7.57.